The lowest BCUT2D eigenvalue weighted by molar-refractivity contribution is -0.143. The summed E-state index contributed by atoms with van der Waals surface area (Å²) in [5.41, 5.74) is 5.29. The number of rotatable bonds is 10. The zero-order valence-corrected chi connectivity index (χ0v) is 9.59. The van der Waals surface area contributed by atoms with Crippen LogP contribution in [0.3, 0.4) is 0 Å². The molecule has 0 fully saturated rings. The smallest absolute Gasteiger partial charge is 0.306 e. The van der Waals surface area contributed by atoms with Crippen molar-refractivity contribution in [2.45, 2.75) is 18.9 Å². The molecule has 4 N–H and O–H groups in total. The van der Waals surface area contributed by atoms with Crippen LogP contribution < -0.4 is 5.73 Å². The maximum absolute atomic E-state index is 10.8. The molecule has 0 aliphatic heterocycles. The summed E-state index contributed by atoms with van der Waals surface area (Å²) in [7, 11) is 1.56. The molecule has 0 amide bonds. The summed E-state index contributed by atoms with van der Waals surface area (Å²) < 4.78 is 9.86. The Balaban J connectivity index is 3.72. The summed E-state index contributed by atoms with van der Waals surface area (Å²) in [6, 6.07) is 0. The highest BCUT2D eigenvalue weighted by Gasteiger charge is 2.20. The van der Waals surface area contributed by atoms with Gasteiger partial charge in [-0.25, -0.2) is 0 Å². The molecule has 0 bridgehead atoms. The largest absolute Gasteiger partial charge is 0.481 e. The van der Waals surface area contributed by atoms with Crippen molar-refractivity contribution in [2.24, 2.45) is 11.7 Å². The highest BCUT2D eigenvalue weighted by atomic mass is 16.5. The number of aliphatic carboxylic acids is 1. The van der Waals surface area contributed by atoms with Gasteiger partial charge in [-0.05, 0) is 19.4 Å². The Morgan fingerprint density at radius 2 is 2.12 bits per heavy atom. The number of methoxy groups -OCH3 is 1. The van der Waals surface area contributed by atoms with E-state index in [4.69, 9.17) is 20.3 Å². The molecule has 6 nitrogen and oxygen atoms in total. The lowest BCUT2D eigenvalue weighted by Gasteiger charge is -2.16. The highest BCUT2D eigenvalue weighted by molar-refractivity contribution is 5.69. The number of hydrogen-bond donors (Lipinski definition) is 3. The summed E-state index contributed by atoms with van der Waals surface area (Å²) in [5.74, 6) is -1.53. The molecule has 0 aliphatic carbocycles. The third-order valence-electron chi connectivity index (χ3n) is 2.16. The Bertz CT molecular complexity index is 188. The molecule has 0 saturated carbocycles. The third kappa shape index (κ3) is 7.58. The number of carbonyl (C=O) groups is 1. The van der Waals surface area contributed by atoms with Crippen LogP contribution in [0.2, 0.25) is 0 Å². The van der Waals surface area contributed by atoms with Crippen LogP contribution in [0.4, 0.5) is 0 Å². The fourth-order valence-corrected chi connectivity index (χ4v) is 1.30. The summed E-state index contributed by atoms with van der Waals surface area (Å²) in [5, 5.41) is 18.4. The maximum atomic E-state index is 10.8. The monoisotopic (exact) mass is 235 g/mol. The van der Waals surface area contributed by atoms with Crippen LogP contribution in [-0.4, -0.2) is 55.8 Å². The van der Waals surface area contributed by atoms with E-state index < -0.39 is 18.0 Å². The van der Waals surface area contributed by atoms with E-state index in [9.17, 15) is 9.90 Å². The van der Waals surface area contributed by atoms with Crippen molar-refractivity contribution in [2.75, 3.05) is 33.5 Å². The third-order valence-corrected chi connectivity index (χ3v) is 2.16. The molecule has 96 valence electrons. The zero-order chi connectivity index (χ0) is 12.4. The molecule has 0 spiro atoms. The minimum Gasteiger partial charge on any atom is -0.481 e. The summed E-state index contributed by atoms with van der Waals surface area (Å²) in [4.78, 5) is 10.8. The average molecular weight is 235 g/mol. The van der Waals surface area contributed by atoms with Crippen molar-refractivity contribution >= 4 is 5.97 Å². The van der Waals surface area contributed by atoms with E-state index in [0.717, 1.165) is 0 Å². The average Bonchev–Trinajstić information content (AvgIpc) is 2.23. The van der Waals surface area contributed by atoms with Crippen LogP contribution >= 0.6 is 0 Å². The van der Waals surface area contributed by atoms with Gasteiger partial charge in [-0.3, -0.25) is 4.79 Å². The van der Waals surface area contributed by atoms with Crippen LogP contribution in [0.25, 0.3) is 0 Å². The zero-order valence-electron chi connectivity index (χ0n) is 9.59. The van der Waals surface area contributed by atoms with E-state index in [1.165, 1.54) is 0 Å². The van der Waals surface area contributed by atoms with Crippen LogP contribution in [0.1, 0.15) is 12.8 Å². The van der Waals surface area contributed by atoms with Gasteiger partial charge in [0.05, 0.1) is 31.8 Å². The number of nitrogens with two attached hydrogens (primary N) is 1. The van der Waals surface area contributed by atoms with Gasteiger partial charge in [-0.15, -0.1) is 0 Å². The topological polar surface area (TPSA) is 102 Å². The van der Waals surface area contributed by atoms with Gasteiger partial charge in [-0.1, -0.05) is 0 Å². The molecular weight excluding hydrogens is 214 g/mol. The molecule has 0 aliphatic rings. The second kappa shape index (κ2) is 9.53. The molecule has 0 rings (SSSR count). The predicted molar refractivity (Wildman–Crippen MR) is 58.1 cm³/mol. The molecule has 0 radical (unpaired) electrons. The van der Waals surface area contributed by atoms with E-state index in [0.29, 0.717) is 26.2 Å². The number of hydrogen-bond acceptors (Lipinski definition) is 5. The van der Waals surface area contributed by atoms with E-state index in [2.05, 4.69) is 0 Å². The second-order valence-corrected chi connectivity index (χ2v) is 3.57. The first kappa shape index (κ1) is 15.3. The van der Waals surface area contributed by atoms with Crippen molar-refractivity contribution in [1.82, 2.24) is 0 Å². The maximum Gasteiger partial charge on any atom is 0.306 e. The molecule has 2 unspecified atom stereocenters. The SMILES string of the molecule is COCCOCC(O)CC(CCN)C(=O)O. The Morgan fingerprint density at radius 1 is 1.44 bits per heavy atom. The van der Waals surface area contributed by atoms with Gasteiger partial charge in [0.1, 0.15) is 0 Å². The van der Waals surface area contributed by atoms with Gasteiger partial charge in [0, 0.05) is 7.11 Å². The number of ether oxygens (including phenoxy) is 2. The quantitative estimate of drug-likeness (QED) is 0.439. The lowest BCUT2D eigenvalue weighted by atomic mass is 9.98. The van der Waals surface area contributed by atoms with E-state index in [-0.39, 0.29) is 13.0 Å². The fourth-order valence-electron chi connectivity index (χ4n) is 1.30. The Kier molecular flexibility index (Phi) is 9.12. The van der Waals surface area contributed by atoms with Crippen LogP contribution in [0.5, 0.6) is 0 Å². The van der Waals surface area contributed by atoms with Crippen LogP contribution in [0.15, 0.2) is 0 Å². The van der Waals surface area contributed by atoms with Gasteiger partial charge < -0.3 is 25.4 Å². The number of aliphatic hydroxyl groups excluding tert-OH is 1. The molecule has 16 heavy (non-hydrogen) atoms. The minimum absolute atomic E-state index is 0.123. The number of carboxylic acid groups (broad SMARTS) is 1. The van der Waals surface area contributed by atoms with Gasteiger partial charge >= 0.3 is 5.97 Å². The number of carboxylic acids is 1. The minimum atomic E-state index is -0.929. The predicted octanol–water partition coefficient (Wildman–Crippen LogP) is -0.550. The summed E-state index contributed by atoms with van der Waals surface area (Å²) in [6.45, 7) is 1.27. The number of aliphatic hydroxyl groups is 1. The van der Waals surface area contributed by atoms with Crippen molar-refractivity contribution in [3.05, 3.63) is 0 Å². The summed E-state index contributed by atoms with van der Waals surface area (Å²) >= 11 is 0. The molecule has 0 aromatic rings. The Hall–Kier alpha value is -0.690. The molecule has 0 aromatic heterocycles. The Morgan fingerprint density at radius 3 is 2.62 bits per heavy atom. The Labute approximate surface area is 95.3 Å². The van der Waals surface area contributed by atoms with E-state index >= 15 is 0 Å². The van der Waals surface area contributed by atoms with Gasteiger partial charge in [0.15, 0.2) is 0 Å². The molecule has 0 aromatic carbocycles. The first-order chi connectivity index (χ1) is 7.61. The van der Waals surface area contributed by atoms with Crippen molar-refractivity contribution in [3.8, 4) is 0 Å². The van der Waals surface area contributed by atoms with E-state index in [1.54, 1.807) is 7.11 Å². The molecule has 6 heteroatoms. The van der Waals surface area contributed by atoms with Crippen molar-refractivity contribution in [1.29, 1.82) is 0 Å². The van der Waals surface area contributed by atoms with Crippen LogP contribution in [-0.2, 0) is 14.3 Å². The van der Waals surface area contributed by atoms with Gasteiger partial charge in [-0.2, -0.15) is 0 Å². The standard InChI is InChI=1S/C10H21NO5/c1-15-4-5-16-7-9(12)6-8(2-3-11)10(13)14/h8-9,12H,2-7,11H2,1H3,(H,13,14). The van der Waals surface area contributed by atoms with Crippen molar-refractivity contribution < 1.29 is 24.5 Å². The van der Waals surface area contributed by atoms with Crippen molar-refractivity contribution in [3.63, 3.8) is 0 Å². The normalized spacial score (nSPS) is 14.7. The molecule has 0 saturated heterocycles. The first-order valence-corrected chi connectivity index (χ1v) is 5.29. The molecule has 0 heterocycles. The van der Waals surface area contributed by atoms with Crippen LogP contribution in [0, 0.1) is 5.92 Å². The lowest BCUT2D eigenvalue weighted by Crippen LogP contribution is -2.26. The van der Waals surface area contributed by atoms with Gasteiger partial charge in [0.25, 0.3) is 0 Å². The molecular formula is C10H21NO5. The molecule has 2 atom stereocenters. The first-order valence-electron chi connectivity index (χ1n) is 5.29. The van der Waals surface area contributed by atoms with Gasteiger partial charge in [0.2, 0.25) is 0 Å². The summed E-state index contributed by atoms with van der Waals surface area (Å²) in [6.07, 6.45) is -0.242. The van der Waals surface area contributed by atoms with E-state index in [1.807, 2.05) is 0 Å². The second-order valence-electron chi connectivity index (χ2n) is 3.57. The highest BCUT2D eigenvalue weighted by Crippen LogP contribution is 2.11. The fraction of sp³-hybridized carbons (Fsp3) is 0.900.